The second-order valence-electron chi connectivity index (χ2n) is 7.17. The quantitative estimate of drug-likeness (QED) is 0.709. The molecule has 25 heavy (non-hydrogen) atoms. The fourth-order valence-corrected chi connectivity index (χ4v) is 5.19. The van der Waals surface area contributed by atoms with Crippen molar-refractivity contribution in [2.24, 2.45) is 0 Å². The lowest BCUT2D eigenvalue weighted by Crippen LogP contribution is -2.46. The van der Waals surface area contributed by atoms with E-state index in [1.165, 1.54) is 25.8 Å². The normalized spacial score (nSPS) is 19.5. The SMILES string of the molecule is Cc1cc2c(N3CCC(N4CCc5sccc5C4)CC3)nccn2n1. The van der Waals surface area contributed by atoms with E-state index in [1.54, 1.807) is 10.4 Å². The van der Waals surface area contributed by atoms with Gasteiger partial charge in [0.2, 0.25) is 0 Å². The first-order valence-electron chi connectivity index (χ1n) is 9.13. The number of nitrogens with zero attached hydrogens (tertiary/aromatic N) is 5. The molecule has 0 aromatic carbocycles. The fraction of sp³-hybridized carbons (Fsp3) is 0.474. The maximum absolute atomic E-state index is 4.66. The van der Waals surface area contributed by atoms with Gasteiger partial charge in [-0.3, -0.25) is 4.90 Å². The van der Waals surface area contributed by atoms with Gasteiger partial charge in [-0.25, -0.2) is 9.50 Å². The minimum Gasteiger partial charge on any atom is -0.355 e. The predicted molar refractivity (Wildman–Crippen MR) is 101 cm³/mol. The van der Waals surface area contributed by atoms with E-state index < -0.39 is 0 Å². The van der Waals surface area contributed by atoms with E-state index in [4.69, 9.17) is 0 Å². The Morgan fingerprint density at radius 3 is 2.96 bits per heavy atom. The van der Waals surface area contributed by atoms with E-state index in [9.17, 15) is 0 Å². The molecule has 3 aromatic rings. The minimum atomic E-state index is 0.704. The molecule has 0 atom stereocenters. The Hall–Kier alpha value is -1.92. The van der Waals surface area contributed by atoms with Crippen molar-refractivity contribution >= 4 is 22.7 Å². The number of fused-ring (bicyclic) bond motifs is 2. The van der Waals surface area contributed by atoms with Gasteiger partial charge in [0.1, 0.15) is 5.52 Å². The second kappa shape index (κ2) is 6.11. The van der Waals surface area contributed by atoms with Gasteiger partial charge < -0.3 is 4.90 Å². The number of hydrogen-bond donors (Lipinski definition) is 0. The molecule has 0 aliphatic carbocycles. The van der Waals surface area contributed by atoms with Crippen LogP contribution in [-0.4, -0.2) is 45.2 Å². The van der Waals surface area contributed by atoms with E-state index >= 15 is 0 Å². The van der Waals surface area contributed by atoms with Crippen molar-refractivity contribution in [3.8, 4) is 0 Å². The monoisotopic (exact) mass is 353 g/mol. The summed E-state index contributed by atoms with van der Waals surface area (Å²) in [6.45, 7) is 6.55. The highest BCUT2D eigenvalue weighted by Crippen LogP contribution is 2.29. The Balaban J connectivity index is 1.30. The van der Waals surface area contributed by atoms with Crippen molar-refractivity contribution in [2.45, 2.75) is 38.8 Å². The first-order valence-corrected chi connectivity index (χ1v) is 10.0. The Kier molecular flexibility index (Phi) is 3.75. The Labute approximate surface area is 151 Å². The van der Waals surface area contributed by atoms with Crippen LogP contribution in [0.15, 0.2) is 29.9 Å². The van der Waals surface area contributed by atoms with E-state index in [0.717, 1.165) is 36.7 Å². The number of thiophene rings is 1. The van der Waals surface area contributed by atoms with Crippen LogP contribution in [0.3, 0.4) is 0 Å². The van der Waals surface area contributed by atoms with Crippen LogP contribution in [0.4, 0.5) is 5.82 Å². The number of aromatic nitrogens is 3. The lowest BCUT2D eigenvalue weighted by Gasteiger charge is -2.40. The highest BCUT2D eigenvalue weighted by atomic mass is 32.1. The average Bonchev–Trinajstić information content (AvgIpc) is 3.26. The summed E-state index contributed by atoms with van der Waals surface area (Å²) < 4.78 is 1.95. The first kappa shape index (κ1) is 15.3. The highest BCUT2D eigenvalue weighted by Gasteiger charge is 2.28. The van der Waals surface area contributed by atoms with Crippen LogP contribution < -0.4 is 4.90 Å². The zero-order chi connectivity index (χ0) is 16.8. The molecule has 130 valence electrons. The van der Waals surface area contributed by atoms with Crippen LogP contribution in [0.1, 0.15) is 29.0 Å². The summed E-state index contributed by atoms with van der Waals surface area (Å²) >= 11 is 1.92. The molecular weight excluding hydrogens is 330 g/mol. The number of hydrogen-bond acceptors (Lipinski definition) is 5. The van der Waals surface area contributed by atoms with Crippen LogP contribution in [-0.2, 0) is 13.0 Å². The molecule has 0 unspecified atom stereocenters. The van der Waals surface area contributed by atoms with Crippen LogP contribution in [0.2, 0.25) is 0 Å². The second-order valence-corrected chi connectivity index (χ2v) is 8.17. The van der Waals surface area contributed by atoms with Gasteiger partial charge in [0, 0.05) is 49.5 Å². The lowest BCUT2D eigenvalue weighted by atomic mass is 9.99. The molecule has 0 bridgehead atoms. The summed E-state index contributed by atoms with van der Waals surface area (Å²) in [5.74, 6) is 1.08. The molecule has 0 N–H and O–H groups in total. The maximum atomic E-state index is 4.66. The molecule has 0 radical (unpaired) electrons. The van der Waals surface area contributed by atoms with Gasteiger partial charge in [0.25, 0.3) is 0 Å². The van der Waals surface area contributed by atoms with E-state index in [1.807, 2.05) is 35.2 Å². The van der Waals surface area contributed by atoms with Gasteiger partial charge in [0.15, 0.2) is 5.82 Å². The van der Waals surface area contributed by atoms with E-state index in [-0.39, 0.29) is 0 Å². The molecule has 0 amide bonds. The Morgan fingerprint density at radius 2 is 2.08 bits per heavy atom. The third-order valence-corrected chi connectivity index (χ3v) is 6.63. The molecule has 0 spiro atoms. The van der Waals surface area contributed by atoms with Crippen molar-refractivity contribution in [2.75, 3.05) is 24.5 Å². The molecule has 5 nitrogen and oxygen atoms in total. The van der Waals surface area contributed by atoms with E-state index in [2.05, 4.69) is 37.4 Å². The molecular formula is C19H23N5S. The topological polar surface area (TPSA) is 36.7 Å². The molecule has 5 heterocycles. The zero-order valence-corrected chi connectivity index (χ0v) is 15.4. The largest absolute Gasteiger partial charge is 0.355 e. The molecule has 6 heteroatoms. The van der Waals surface area contributed by atoms with Crippen LogP contribution in [0.25, 0.3) is 5.52 Å². The summed E-state index contributed by atoms with van der Waals surface area (Å²) in [5, 5.41) is 6.76. The van der Waals surface area contributed by atoms with Gasteiger partial charge in [-0.1, -0.05) is 0 Å². The Bertz CT molecular complexity index is 890. The summed E-state index contributed by atoms with van der Waals surface area (Å²) in [4.78, 5) is 11.4. The summed E-state index contributed by atoms with van der Waals surface area (Å²) in [6.07, 6.45) is 7.46. The van der Waals surface area contributed by atoms with Gasteiger partial charge in [-0.05, 0) is 49.3 Å². The first-order chi connectivity index (χ1) is 12.3. The number of anilines is 1. The standard InChI is InChI=1S/C19H23N5S/c1-14-12-17-19(20-6-10-24(17)21-14)22-7-2-16(3-8-22)23-9-4-18-15(13-23)5-11-25-18/h5-6,10-12,16H,2-4,7-9,13H2,1H3. The predicted octanol–water partition coefficient (Wildman–Crippen LogP) is 3.13. The number of piperidine rings is 1. The van der Waals surface area contributed by atoms with Crippen molar-refractivity contribution in [1.29, 1.82) is 0 Å². The summed E-state index contributed by atoms with van der Waals surface area (Å²) in [6, 6.07) is 5.15. The maximum Gasteiger partial charge on any atom is 0.154 e. The highest BCUT2D eigenvalue weighted by molar-refractivity contribution is 7.10. The molecule has 2 aliphatic heterocycles. The summed E-state index contributed by atoms with van der Waals surface area (Å²) in [5.41, 5.74) is 3.73. The van der Waals surface area contributed by atoms with Crippen LogP contribution in [0, 0.1) is 6.92 Å². The zero-order valence-electron chi connectivity index (χ0n) is 14.6. The minimum absolute atomic E-state index is 0.704. The third-order valence-electron chi connectivity index (χ3n) is 5.61. The lowest BCUT2D eigenvalue weighted by molar-refractivity contribution is 0.154. The van der Waals surface area contributed by atoms with Crippen molar-refractivity contribution < 1.29 is 0 Å². The van der Waals surface area contributed by atoms with E-state index in [0.29, 0.717) is 6.04 Å². The molecule has 2 aliphatic rings. The summed E-state index contributed by atoms with van der Waals surface area (Å²) in [7, 11) is 0. The molecule has 0 saturated carbocycles. The Morgan fingerprint density at radius 1 is 1.20 bits per heavy atom. The molecule has 1 saturated heterocycles. The fourth-order valence-electron chi connectivity index (χ4n) is 4.30. The van der Waals surface area contributed by atoms with Crippen molar-refractivity contribution in [3.63, 3.8) is 0 Å². The van der Waals surface area contributed by atoms with Gasteiger partial charge in [-0.2, -0.15) is 5.10 Å². The van der Waals surface area contributed by atoms with Gasteiger partial charge in [0.05, 0.1) is 5.69 Å². The third kappa shape index (κ3) is 2.73. The molecule has 3 aromatic heterocycles. The van der Waals surface area contributed by atoms with Crippen molar-refractivity contribution in [1.82, 2.24) is 19.5 Å². The molecule has 5 rings (SSSR count). The van der Waals surface area contributed by atoms with Gasteiger partial charge >= 0.3 is 0 Å². The number of rotatable bonds is 2. The number of aryl methyl sites for hydroxylation is 1. The van der Waals surface area contributed by atoms with Crippen LogP contribution in [0.5, 0.6) is 0 Å². The smallest absolute Gasteiger partial charge is 0.154 e. The van der Waals surface area contributed by atoms with Gasteiger partial charge in [-0.15, -0.1) is 11.3 Å². The average molecular weight is 353 g/mol. The van der Waals surface area contributed by atoms with Crippen LogP contribution >= 0.6 is 11.3 Å². The molecule has 1 fully saturated rings. The van der Waals surface area contributed by atoms with Crippen molar-refractivity contribution in [3.05, 3.63) is 46.0 Å².